The molecule has 0 amide bonds. The molecule has 0 atom stereocenters. The molecule has 3 aliphatic rings. The second kappa shape index (κ2) is 33.6. The lowest BCUT2D eigenvalue weighted by Gasteiger charge is -2.25. The molecule has 0 aromatic heterocycles. The second-order valence-electron chi connectivity index (χ2n) is 20.9. The largest absolute Gasteiger partial charge is 0.491 e. The standard InChI is InChI=1S/C64H92O12S4/c1-41-53-33-77-34-54-42(2)59-39-80-40-60-44(4)56-36-78-35-55-43(3)58(50(10)63(47(55)7)75-31-27-71-23-19-67-15-16-68-20-24-72-28-32-76-64(48(56)8)52(60)12)38-79-37-57(41)49(9)61(45(53)5)73-29-25-69-21-17-65-13-14-66-18-22-70-26-30-74-62(46(54)6)51(59)11/h13-40H2,1-12H3. The van der Waals surface area contributed by atoms with Gasteiger partial charge < -0.3 is 56.8 Å². The fourth-order valence-corrected chi connectivity index (χ4v) is 16.7. The topological polar surface area (TPSA) is 111 Å². The molecule has 16 heteroatoms. The lowest BCUT2D eigenvalue weighted by molar-refractivity contribution is -0.00705. The summed E-state index contributed by atoms with van der Waals surface area (Å²) in [4.78, 5) is 0. The van der Waals surface area contributed by atoms with E-state index < -0.39 is 0 Å². The summed E-state index contributed by atoms with van der Waals surface area (Å²) in [6, 6.07) is 0. The number of hydrogen-bond donors (Lipinski definition) is 0. The number of ether oxygens (including phenoxy) is 12. The minimum Gasteiger partial charge on any atom is -0.491 e. The van der Waals surface area contributed by atoms with Crippen LogP contribution in [0.5, 0.6) is 23.0 Å². The van der Waals surface area contributed by atoms with E-state index in [0.717, 1.165) is 69.0 Å². The summed E-state index contributed by atoms with van der Waals surface area (Å²) in [5, 5.41) is 0. The molecule has 0 N–H and O–H groups in total. The van der Waals surface area contributed by atoms with Gasteiger partial charge in [0.1, 0.15) is 49.4 Å². The highest BCUT2D eigenvalue weighted by molar-refractivity contribution is 7.98. The van der Waals surface area contributed by atoms with E-state index in [2.05, 4.69) is 83.1 Å². The molecule has 444 valence electrons. The van der Waals surface area contributed by atoms with Gasteiger partial charge in [-0.25, -0.2) is 0 Å². The maximum Gasteiger partial charge on any atom is 0.125 e. The van der Waals surface area contributed by atoms with Crippen LogP contribution in [0.25, 0.3) is 0 Å². The first-order chi connectivity index (χ1) is 38.8. The van der Waals surface area contributed by atoms with Crippen LogP contribution in [0.3, 0.4) is 0 Å². The number of benzene rings is 4. The Morgan fingerprint density at radius 1 is 0.175 bits per heavy atom. The van der Waals surface area contributed by atoms with Crippen molar-refractivity contribution in [2.45, 2.75) is 129 Å². The zero-order valence-corrected chi connectivity index (χ0v) is 53.6. The molecule has 0 saturated heterocycles. The molecule has 3 heterocycles. The van der Waals surface area contributed by atoms with Crippen LogP contribution in [-0.4, -0.2) is 132 Å². The summed E-state index contributed by atoms with van der Waals surface area (Å²) < 4.78 is 74.3. The summed E-state index contributed by atoms with van der Waals surface area (Å²) in [5.74, 6) is 10.6. The summed E-state index contributed by atoms with van der Waals surface area (Å²) in [6.07, 6.45) is 0. The van der Waals surface area contributed by atoms with Gasteiger partial charge in [0.2, 0.25) is 0 Å². The Hall–Kier alpha value is -2.84. The third kappa shape index (κ3) is 17.2. The Labute approximate surface area is 496 Å². The monoisotopic (exact) mass is 1180 g/mol. The average molecular weight is 1180 g/mol. The zero-order chi connectivity index (χ0) is 57.0. The van der Waals surface area contributed by atoms with Crippen LogP contribution in [0.4, 0.5) is 0 Å². The van der Waals surface area contributed by atoms with Crippen molar-refractivity contribution in [1.82, 2.24) is 0 Å². The Bertz CT molecular complexity index is 2300. The number of thioether (sulfide) groups is 4. The average Bonchev–Trinajstić information content (AvgIpc) is 3.46. The first-order valence-corrected chi connectivity index (χ1v) is 33.3. The van der Waals surface area contributed by atoms with Gasteiger partial charge in [0, 0.05) is 46.0 Å². The van der Waals surface area contributed by atoms with Gasteiger partial charge in [0.05, 0.1) is 106 Å². The van der Waals surface area contributed by atoms with Gasteiger partial charge in [-0.05, 0) is 194 Å². The van der Waals surface area contributed by atoms with E-state index in [1.54, 1.807) is 0 Å². The van der Waals surface area contributed by atoms with Crippen molar-refractivity contribution >= 4 is 47.0 Å². The zero-order valence-electron chi connectivity index (χ0n) is 50.3. The number of fused-ring (bicyclic) bond motifs is 12. The molecule has 12 bridgehead atoms. The third-order valence-electron chi connectivity index (χ3n) is 16.1. The molecule has 0 unspecified atom stereocenters. The molecule has 0 aliphatic carbocycles. The SMILES string of the molecule is Cc1c2c(C)c3c(C)c1CSCc1c(C)c4c(C)c(c1C)OCCOCCOCCOCCOCCOc1c(C)c(c(C)c(c1C)CSCc1c(C)c(c(C)c(c1C)OCCOCCOCCOCCOCCO3)CSC2)CSC4. The lowest BCUT2D eigenvalue weighted by atomic mass is 9.93. The van der Waals surface area contributed by atoms with Crippen LogP contribution in [-0.2, 0) is 83.9 Å². The van der Waals surface area contributed by atoms with Crippen LogP contribution in [0.1, 0.15) is 111 Å². The van der Waals surface area contributed by atoms with Crippen LogP contribution in [0, 0.1) is 83.1 Å². The van der Waals surface area contributed by atoms with E-state index in [1.807, 2.05) is 47.0 Å². The Kier molecular flexibility index (Phi) is 27.2. The quantitative estimate of drug-likeness (QED) is 0.166. The maximum atomic E-state index is 6.76. The first-order valence-electron chi connectivity index (χ1n) is 28.7. The van der Waals surface area contributed by atoms with E-state index in [9.17, 15) is 0 Å². The van der Waals surface area contributed by atoms with Crippen molar-refractivity contribution in [3.8, 4) is 23.0 Å². The van der Waals surface area contributed by atoms with Gasteiger partial charge in [-0.15, -0.1) is 0 Å². The van der Waals surface area contributed by atoms with Crippen LogP contribution in [0.15, 0.2) is 0 Å². The number of hydrogen-bond acceptors (Lipinski definition) is 16. The van der Waals surface area contributed by atoms with E-state index in [0.29, 0.717) is 132 Å². The predicted molar refractivity (Wildman–Crippen MR) is 331 cm³/mol. The Morgan fingerprint density at radius 3 is 0.438 bits per heavy atom. The molecule has 0 fully saturated rings. The summed E-state index contributed by atoms with van der Waals surface area (Å²) in [7, 11) is 0. The van der Waals surface area contributed by atoms with Gasteiger partial charge in [0.15, 0.2) is 0 Å². The van der Waals surface area contributed by atoms with Crippen molar-refractivity contribution in [2.24, 2.45) is 0 Å². The summed E-state index contributed by atoms with van der Waals surface area (Å²) in [6.45, 7) is 36.9. The van der Waals surface area contributed by atoms with Gasteiger partial charge in [0.25, 0.3) is 0 Å². The summed E-state index contributed by atoms with van der Waals surface area (Å²) >= 11 is 7.89. The van der Waals surface area contributed by atoms with Crippen LogP contribution >= 0.6 is 47.0 Å². The molecule has 4 aromatic rings. The van der Waals surface area contributed by atoms with E-state index in [1.165, 1.54) is 111 Å². The molecule has 0 radical (unpaired) electrons. The van der Waals surface area contributed by atoms with Crippen molar-refractivity contribution in [3.63, 3.8) is 0 Å². The minimum absolute atomic E-state index is 0.450. The predicted octanol–water partition coefficient (Wildman–Crippen LogP) is 13.1. The van der Waals surface area contributed by atoms with Gasteiger partial charge in [-0.3, -0.25) is 0 Å². The fraction of sp³-hybridized carbons (Fsp3) is 0.625. The van der Waals surface area contributed by atoms with E-state index in [4.69, 9.17) is 56.8 Å². The van der Waals surface area contributed by atoms with Gasteiger partial charge in [-0.2, -0.15) is 47.0 Å². The molecule has 7 rings (SSSR count). The molecule has 3 aliphatic heterocycles. The highest BCUT2D eigenvalue weighted by Crippen LogP contribution is 2.44. The molecule has 0 spiro atoms. The summed E-state index contributed by atoms with van der Waals surface area (Å²) in [5.41, 5.74) is 25.7. The molecule has 4 aromatic carbocycles. The minimum atomic E-state index is 0.450. The van der Waals surface area contributed by atoms with E-state index >= 15 is 0 Å². The molecular formula is C64H92O12S4. The Balaban J connectivity index is 1.32. The molecule has 80 heavy (non-hydrogen) atoms. The normalized spacial score (nSPS) is 18.6. The second-order valence-corrected chi connectivity index (χ2v) is 24.9. The first kappa shape index (κ1) is 64.7. The third-order valence-corrected chi connectivity index (χ3v) is 20.0. The van der Waals surface area contributed by atoms with Crippen LogP contribution < -0.4 is 18.9 Å². The number of rotatable bonds is 0. The van der Waals surface area contributed by atoms with E-state index in [-0.39, 0.29) is 0 Å². The molecule has 0 saturated carbocycles. The molecule has 12 nitrogen and oxygen atoms in total. The van der Waals surface area contributed by atoms with Crippen molar-refractivity contribution in [3.05, 3.63) is 111 Å². The Morgan fingerprint density at radius 2 is 0.300 bits per heavy atom. The van der Waals surface area contributed by atoms with Crippen molar-refractivity contribution < 1.29 is 56.8 Å². The highest BCUT2D eigenvalue weighted by Gasteiger charge is 2.25. The highest BCUT2D eigenvalue weighted by atomic mass is 32.2. The molecular weight excluding hydrogens is 1090 g/mol. The van der Waals surface area contributed by atoms with Crippen LogP contribution in [0.2, 0.25) is 0 Å². The lowest BCUT2D eigenvalue weighted by Crippen LogP contribution is -2.15. The van der Waals surface area contributed by atoms with Crippen molar-refractivity contribution in [2.75, 3.05) is 132 Å². The smallest absolute Gasteiger partial charge is 0.125 e. The van der Waals surface area contributed by atoms with Gasteiger partial charge in [-0.1, -0.05) is 0 Å². The fourth-order valence-electron chi connectivity index (χ4n) is 11.2. The maximum absolute atomic E-state index is 6.76. The van der Waals surface area contributed by atoms with Crippen molar-refractivity contribution in [1.29, 1.82) is 0 Å². The van der Waals surface area contributed by atoms with Gasteiger partial charge >= 0.3 is 0 Å².